The van der Waals surface area contributed by atoms with E-state index in [1.165, 1.54) is 5.56 Å². The normalized spacial score (nSPS) is 23.3. The summed E-state index contributed by atoms with van der Waals surface area (Å²) in [6.45, 7) is 8.38. The second-order valence-electron chi connectivity index (χ2n) is 5.64. The van der Waals surface area contributed by atoms with Gasteiger partial charge in [0.2, 0.25) is 0 Å². The quantitative estimate of drug-likeness (QED) is 0.893. The number of likely N-dealkylation sites (tertiary alicyclic amines) is 1. The van der Waals surface area contributed by atoms with Crippen LogP contribution in [-0.4, -0.2) is 34.2 Å². The summed E-state index contributed by atoms with van der Waals surface area (Å²) in [6, 6.07) is 4.64. The largest absolute Gasteiger partial charge is 0.392 e. The van der Waals surface area contributed by atoms with E-state index < -0.39 is 0 Å². The summed E-state index contributed by atoms with van der Waals surface area (Å²) in [7, 11) is 0. The highest BCUT2D eigenvalue weighted by molar-refractivity contribution is 5.19. The smallest absolute Gasteiger partial charge is 0.0667 e. The van der Waals surface area contributed by atoms with E-state index in [1.807, 2.05) is 6.20 Å². The van der Waals surface area contributed by atoms with Crippen molar-refractivity contribution < 1.29 is 5.11 Å². The minimum absolute atomic E-state index is 0.163. The monoisotopic (exact) mass is 248 g/mol. The van der Waals surface area contributed by atoms with Crippen molar-refractivity contribution in [2.24, 2.45) is 0 Å². The third-order valence-electron chi connectivity index (χ3n) is 3.86. The van der Waals surface area contributed by atoms with E-state index in [9.17, 15) is 5.11 Å². The molecule has 3 nitrogen and oxygen atoms in total. The van der Waals surface area contributed by atoms with E-state index in [0.717, 1.165) is 31.6 Å². The molecular weight excluding hydrogens is 224 g/mol. The van der Waals surface area contributed by atoms with Crippen molar-refractivity contribution in [3.63, 3.8) is 0 Å². The number of hydrogen-bond acceptors (Lipinski definition) is 3. The highest BCUT2D eigenvalue weighted by Crippen LogP contribution is 2.24. The first kappa shape index (κ1) is 13.5. The van der Waals surface area contributed by atoms with Gasteiger partial charge in [-0.3, -0.25) is 9.88 Å². The number of β-amino-alcohol motifs (C(OH)–C–C–N with tert-alkyl or cyclic N) is 1. The van der Waals surface area contributed by atoms with Crippen LogP contribution in [0.3, 0.4) is 0 Å². The minimum atomic E-state index is -0.163. The molecule has 2 atom stereocenters. The van der Waals surface area contributed by atoms with Gasteiger partial charge in [0.15, 0.2) is 0 Å². The first-order chi connectivity index (χ1) is 8.58. The van der Waals surface area contributed by atoms with Gasteiger partial charge in [-0.15, -0.1) is 0 Å². The van der Waals surface area contributed by atoms with Crippen LogP contribution in [0.4, 0.5) is 0 Å². The molecule has 0 radical (unpaired) electrons. The fraction of sp³-hybridized carbons (Fsp3) is 0.667. The number of hydrogen-bond donors (Lipinski definition) is 1. The molecule has 1 aromatic rings. The van der Waals surface area contributed by atoms with Crippen LogP contribution in [0, 0.1) is 0 Å². The molecule has 0 aromatic carbocycles. The van der Waals surface area contributed by atoms with Gasteiger partial charge in [-0.1, -0.05) is 19.9 Å². The molecular formula is C15H24N2O. The molecule has 0 spiro atoms. The van der Waals surface area contributed by atoms with Gasteiger partial charge in [0.25, 0.3) is 0 Å². The molecule has 1 aliphatic heterocycles. The molecule has 100 valence electrons. The summed E-state index contributed by atoms with van der Waals surface area (Å²) in [5, 5.41) is 9.73. The number of aliphatic hydroxyl groups is 1. The van der Waals surface area contributed by atoms with Crippen molar-refractivity contribution in [1.29, 1.82) is 0 Å². The van der Waals surface area contributed by atoms with Crippen molar-refractivity contribution >= 4 is 0 Å². The third kappa shape index (κ3) is 3.09. The molecule has 1 fully saturated rings. The molecule has 0 aliphatic carbocycles. The summed E-state index contributed by atoms with van der Waals surface area (Å²) < 4.78 is 0. The van der Waals surface area contributed by atoms with Crippen LogP contribution < -0.4 is 0 Å². The fourth-order valence-electron chi connectivity index (χ4n) is 2.55. The summed E-state index contributed by atoms with van der Waals surface area (Å²) >= 11 is 0. The first-order valence-corrected chi connectivity index (χ1v) is 6.96. The molecule has 0 bridgehead atoms. The van der Waals surface area contributed by atoms with Crippen LogP contribution in [0.5, 0.6) is 0 Å². The minimum Gasteiger partial charge on any atom is -0.392 e. The molecule has 1 aromatic heterocycles. The SMILES string of the molecule is CC(C)c1ccc([C@@H](C)N2CCCC(O)C2)cn1. The van der Waals surface area contributed by atoms with E-state index >= 15 is 0 Å². The first-order valence-electron chi connectivity index (χ1n) is 6.96. The van der Waals surface area contributed by atoms with Crippen LogP contribution >= 0.6 is 0 Å². The Balaban J connectivity index is 2.05. The number of rotatable bonds is 3. The van der Waals surface area contributed by atoms with Gasteiger partial charge in [-0.2, -0.15) is 0 Å². The van der Waals surface area contributed by atoms with Gasteiger partial charge < -0.3 is 5.11 Å². The van der Waals surface area contributed by atoms with Crippen LogP contribution in [0.2, 0.25) is 0 Å². The van der Waals surface area contributed by atoms with Crippen LogP contribution in [-0.2, 0) is 0 Å². The maximum Gasteiger partial charge on any atom is 0.0667 e. The van der Waals surface area contributed by atoms with Crippen LogP contribution in [0.25, 0.3) is 0 Å². The lowest BCUT2D eigenvalue weighted by Gasteiger charge is -2.35. The van der Waals surface area contributed by atoms with E-state index in [0.29, 0.717) is 12.0 Å². The maximum atomic E-state index is 9.73. The number of aromatic nitrogens is 1. The Morgan fingerprint density at radius 2 is 2.11 bits per heavy atom. The Kier molecular flexibility index (Phi) is 4.36. The molecule has 1 aliphatic rings. The Labute approximate surface area is 110 Å². The summed E-state index contributed by atoms with van der Waals surface area (Å²) in [4.78, 5) is 6.87. The zero-order valence-corrected chi connectivity index (χ0v) is 11.6. The standard InChI is InChI=1S/C15H24N2O/c1-11(2)15-7-6-13(9-16-15)12(3)17-8-4-5-14(18)10-17/h6-7,9,11-12,14,18H,4-5,8,10H2,1-3H3/t12-,14?/m1/s1. The molecule has 2 heterocycles. The summed E-state index contributed by atoms with van der Waals surface area (Å²) in [5.41, 5.74) is 2.39. The van der Waals surface area contributed by atoms with Gasteiger partial charge in [0.1, 0.15) is 0 Å². The molecule has 1 saturated heterocycles. The van der Waals surface area contributed by atoms with Crippen LogP contribution in [0.1, 0.15) is 56.8 Å². The van der Waals surface area contributed by atoms with Gasteiger partial charge in [-0.05, 0) is 43.9 Å². The Hall–Kier alpha value is -0.930. The predicted molar refractivity (Wildman–Crippen MR) is 73.6 cm³/mol. The number of nitrogens with zero attached hydrogens (tertiary/aromatic N) is 2. The Bertz CT molecular complexity index is 375. The molecule has 2 rings (SSSR count). The number of aliphatic hydroxyl groups excluding tert-OH is 1. The van der Waals surface area contributed by atoms with Crippen molar-refractivity contribution in [3.05, 3.63) is 29.6 Å². The lowest BCUT2D eigenvalue weighted by atomic mass is 10.0. The predicted octanol–water partition coefficient (Wildman–Crippen LogP) is 2.72. The maximum absolute atomic E-state index is 9.73. The molecule has 18 heavy (non-hydrogen) atoms. The van der Waals surface area contributed by atoms with Crippen molar-refractivity contribution in [3.8, 4) is 0 Å². The fourth-order valence-corrected chi connectivity index (χ4v) is 2.55. The van der Waals surface area contributed by atoms with Gasteiger partial charge in [0, 0.05) is 24.5 Å². The zero-order chi connectivity index (χ0) is 13.1. The Morgan fingerprint density at radius 1 is 1.33 bits per heavy atom. The average Bonchev–Trinajstić information content (AvgIpc) is 2.38. The lowest BCUT2D eigenvalue weighted by molar-refractivity contribution is 0.0503. The molecule has 0 amide bonds. The highest BCUT2D eigenvalue weighted by atomic mass is 16.3. The van der Waals surface area contributed by atoms with E-state index in [1.54, 1.807) is 0 Å². The topological polar surface area (TPSA) is 36.4 Å². The van der Waals surface area contributed by atoms with Crippen LogP contribution in [0.15, 0.2) is 18.3 Å². The van der Waals surface area contributed by atoms with E-state index in [2.05, 4.69) is 42.8 Å². The summed E-state index contributed by atoms with van der Waals surface area (Å²) in [5.74, 6) is 0.478. The van der Waals surface area contributed by atoms with Gasteiger partial charge in [-0.25, -0.2) is 0 Å². The van der Waals surface area contributed by atoms with E-state index in [-0.39, 0.29) is 6.10 Å². The molecule has 1 unspecified atom stereocenters. The second-order valence-corrected chi connectivity index (χ2v) is 5.64. The molecule has 1 N–H and O–H groups in total. The Morgan fingerprint density at radius 3 is 2.67 bits per heavy atom. The summed E-state index contributed by atoms with van der Waals surface area (Å²) in [6.07, 6.45) is 3.85. The molecule has 3 heteroatoms. The third-order valence-corrected chi connectivity index (χ3v) is 3.86. The second kappa shape index (κ2) is 5.81. The van der Waals surface area contributed by atoms with E-state index in [4.69, 9.17) is 0 Å². The van der Waals surface area contributed by atoms with Gasteiger partial charge >= 0.3 is 0 Å². The lowest BCUT2D eigenvalue weighted by Crippen LogP contribution is -2.39. The average molecular weight is 248 g/mol. The number of pyridine rings is 1. The van der Waals surface area contributed by atoms with Crippen molar-refractivity contribution in [1.82, 2.24) is 9.88 Å². The van der Waals surface area contributed by atoms with Crippen molar-refractivity contribution in [2.45, 2.75) is 51.7 Å². The van der Waals surface area contributed by atoms with Gasteiger partial charge in [0.05, 0.1) is 6.10 Å². The zero-order valence-electron chi connectivity index (χ0n) is 11.6. The molecule has 0 saturated carbocycles. The van der Waals surface area contributed by atoms with Crippen molar-refractivity contribution in [2.75, 3.05) is 13.1 Å². The number of piperidine rings is 1. The highest BCUT2D eigenvalue weighted by Gasteiger charge is 2.23.